The van der Waals surface area contributed by atoms with E-state index in [2.05, 4.69) is 4.72 Å². The van der Waals surface area contributed by atoms with Crippen molar-refractivity contribution in [3.8, 4) is 0 Å². The van der Waals surface area contributed by atoms with Gasteiger partial charge in [0.1, 0.15) is 9.09 Å². The van der Waals surface area contributed by atoms with Crippen molar-refractivity contribution >= 4 is 38.7 Å². The standard InChI is InChI=1S/C13H14N2O4S2/c1-15(2)10-5-3-4-9(8-10)14-21(18,19)12-7-6-11(20-12)13(16)17/h3-8,14H,1-2H3,(H,16,17). The molecule has 0 amide bonds. The van der Waals surface area contributed by atoms with Crippen LogP contribution in [-0.4, -0.2) is 33.6 Å². The summed E-state index contributed by atoms with van der Waals surface area (Å²) in [6, 6.07) is 9.49. The van der Waals surface area contributed by atoms with Crippen LogP contribution in [0.2, 0.25) is 0 Å². The summed E-state index contributed by atoms with van der Waals surface area (Å²) in [6.07, 6.45) is 0. The van der Waals surface area contributed by atoms with Crippen LogP contribution in [-0.2, 0) is 10.0 Å². The normalized spacial score (nSPS) is 11.1. The van der Waals surface area contributed by atoms with Crippen LogP contribution in [0.25, 0.3) is 0 Å². The smallest absolute Gasteiger partial charge is 0.345 e. The average molecular weight is 326 g/mol. The average Bonchev–Trinajstić information content (AvgIpc) is 2.89. The van der Waals surface area contributed by atoms with Gasteiger partial charge in [-0.15, -0.1) is 11.3 Å². The molecule has 21 heavy (non-hydrogen) atoms. The molecule has 1 aromatic heterocycles. The summed E-state index contributed by atoms with van der Waals surface area (Å²) in [7, 11) is -0.0754. The van der Waals surface area contributed by atoms with Crippen LogP contribution >= 0.6 is 11.3 Å². The van der Waals surface area contributed by atoms with Crippen LogP contribution < -0.4 is 9.62 Å². The number of nitrogens with zero attached hydrogens (tertiary/aromatic N) is 1. The van der Waals surface area contributed by atoms with Crippen molar-refractivity contribution in [2.45, 2.75) is 4.21 Å². The minimum absolute atomic E-state index is 0.0163. The molecule has 2 aromatic rings. The van der Waals surface area contributed by atoms with Gasteiger partial charge in [0.2, 0.25) is 0 Å². The summed E-state index contributed by atoms with van der Waals surface area (Å²) in [5.74, 6) is -1.14. The molecular formula is C13H14N2O4S2. The number of anilines is 2. The Bertz CT molecular complexity index is 766. The van der Waals surface area contributed by atoms with Gasteiger partial charge < -0.3 is 10.0 Å². The molecular weight excluding hydrogens is 312 g/mol. The third-order valence-corrected chi connectivity index (χ3v) is 5.62. The number of benzene rings is 1. The summed E-state index contributed by atoms with van der Waals surface area (Å²) >= 11 is 0.717. The Hall–Kier alpha value is -2.06. The Morgan fingerprint density at radius 3 is 2.52 bits per heavy atom. The van der Waals surface area contributed by atoms with Crippen molar-refractivity contribution in [1.29, 1.82) is 0 Å². The van der Waals surface area contributed by atoms with E-state index in [1.54, 1.807) is 18.2 Å². The number of carboxylic acid groups (broad SMARTS) is 1. The van der Waals surface area contributed by atoms with E-state index in [1.165, 1.54) is 12.1 Å². The molecule has 6 nitrogen and oxygen atoms in total. The molecule has 0 spiro atoms. The van der Waals surface area contributed by atoms with Gasteiger partial charge in [0.05, 0.1) is 5.69 Å². The van der Waals surface area contributed by atoms with Crippen molar-refractivity contribution in [2.24, 2.45) is 0 Å². The van der Waals surface area contributed by atoms with Crippen molar-refractivity contribution < 1.29 is 18.3 Å². The van der Waals surface area contributed by atoms with Crippen LogP contribution in [0.15, 0.2) is 40.6 Å². The number of aromatic carboxylic acids is 1. The van der Waals surface area contributed by atoms with Gasteiger partial charge in [-0.05, 0) is 30.3 Å². The van der Waals surface area contributed by atoms with Crippen LogP contribution in [0.4, 0.5) is 11.4 Å². The van der Waals surface area contributed by atoms with Gasteiger partial charge in [0.25, 0.3) is 10.0 Å². The van der Waals surface area contributed by atoms with Gasteiger partial charge in [0, 0.05) is 19.8 Å². The lowest BCUT2D eigenvalue weighted by Crippen LogP contribution is -2.13. The molecule has 8 heteroatoms. The molecule has 0 radical (unpaired) electrons. The first-order valence-corrected chi connectivity index (χ1v) is 8.23. The highest BCUT2D eigenvalue weighted by Crippen LogP contribution is 2.25. The molecule has 0 atom stereocenters. The van der Waals surface area contributed by atoms with Crippen LogP contribution in [0.5, 0.6) is 0 Å². The lowest BCUT2D eigenvalue weighted by Gasteiger charge is -2.14. The van der Waals surface area contributed by atoms with Gasteiger partial charge in [-0.2, -0.15) is 0 Å². The second-order valence-corrected chi connectivity index (χ2v) is 7.47. The number of hydrogen-bond donors (Lipinski definition) is 2. The van der Waals surface area contributed by atoms with Gasteiger partial charge in [0.15, 0.2) is 0 Å². The first kappa shape index (κ1) is 15.3. The Morgan fingerprint density at radius 1 is 1.24 bits per heavy atom. The molecule has 0 unspecified atom stereocenters. The molecule has 0 bridgehead atoms. The van der Waals surface area contributed by atoms with E-state index in [4.69, 9.17) is 5.11 Å². The van der Waals surface area contributed by atoms with E-state index in [0.29, 0.717) is 5.69 Å². The molecule has 2 N–H and O–H groups in total. The highest BCUT2D eigenvalue weighted by Gasteiger charge is 2.19. The van der Waals surface area contributed by atoms with Gasteiger partial charge in [-0.25, -0.2) is 13.2 Å². The molecule has 112 valence electrons. The van der Waals surface area contributed by atoms with E-state index >= 15 is 0 Å². The van der Waals surface area contributed by atoms with E-state index < -0.39 is 16.0 Å². The lowest BCUT2D eigenvalue weighted by molar-refractivity contribution is 0.0702. The van der Waals surface area contributed by atoms with Crippen molar-refractivity contribution in [3.05, 3.63) is 41.3 Å². The fraction of sp³-hybridized carbons (Fsp3) is 0.154. The summed E-state index contributed by atoms with van der Waals surface area (Å²) in [6.45, 7) is 0. The number of nitrogens with one attached hydrogen (secondary N) is 1. The van der Waals surface area contributed by atoms with Crippen LogP contribution in [0.1, 0.15) is 9.67 Å². The zero-order chi connectivity index (χ0) is 15.6. The number of thiophene rings is 1. The van der Waals surface area contributed by atoms with Gasteiger partial charge in [-0.1, -0.05) is 6.07 Å². The molecule has 2 rings (SSSR count). The molecule has 0 saturated heterocycles. The highest BCUT2D eigenvalue weighted by atomic mass is 32.2. The molecule has 0 saturated carbocycles. The van der Waals surface area contributed by atoms with E-state index in [1.807, 2.05) is 25.1 Å². The first-order chi connectivity index (χ1) is 9.79. The highest BCUT2D eigenvalue weighted by molar-refractivity contribution is 7.94. The predicted molar refractivity (Wildman–Crippen MR) is 82.9 cm³/mol. The van der Waals surface area contributed by atoms with Crippen LogP contribution in [0.3, 0.4) is 0 Å². The summed E-state index contributed by atoms with van der Waals surface area (Å²) in [5, 5.41) is 8.84. The van der Waals surface area contributed by atoms with Crippen LogP contribution in [0, 0.1) is 0 Å². The number of carbonyl (C=O) groups is 1. The maximum absolute atomic E-state index is 12.2. The molecule has 1 heterocycles. The SMILES string of the molecule is CN(C)c1cccc(NS(=O)(=O)c2ccc(C(=O)O)s2)c1. The molecule has 0 aliphatic carbocycles. The monoisotopic (exact) mass is 326 g/mol. The van der Waals surface area contributed by atoms with E-state index in [0.717, 1.165) is 17.0 Å². The zero-order valence-electron chi connectivity index (χ0n) is 11.4. The zero-order valence-corrected chi connectivity index (χ0v) is 13.0. The van der Waals surface area contributed by atoms with Gasteiger partial charge >= 0.3 is 5.97 Å². The fourth-order valence-corrected chi connectivity index (χ4v) is 3.83. The summed E-state index contributed by atoms with van der Waals surface area (Å²) in [4.78, 5) is 12.6. The molecule has 0 aliphatic heterocycles. The lowest BCUT2D eigenvalue weighted by atomic mass is 10.3. The topological polar surface area (TPSA) is 86.7 Å². The quantitative estimate of drug-likeness (QED) is 0.880. The number of sulfonamides is 1. The number of hydrogen-bond acceptors (Lipinski definition) is 5. The second-order valence-electron chi connectivity index (χ2n) is 4.47. The maximum atomic E-state index is 12.2. The first-order valence-electron chi connectivity index (χ1n) is 5.93. The fourth-order valence-electron chi connectivity index (χ4n) is 1.63. The molecule has 0 fully saturated rings. The molecule has 0 aliphatic rings. The number of rotatable bonds is 5. The van der Waals surface area contributed by atoms with Crippen molar-refractivity contribution in [2.75, 3.05) is 23.7 Å². The van der Waals surface area contributed by atoms with Crippen molar-refractivity contribution in [1.82, 2.24) is 0 Å². The van der Waals surface area contributed by atoms with E-state index in [9.17, 15) is 13.2 Å². The second kappa shape index (κ2) is 5.74. The Labute approximate surface area is 126 Å². The maximum Gasteiger partial charge on any atom is 0.345 e. The Morgan fingerprint density at radius 2 is 1.95 bits per heavy atom. The van der Waals surface area contributed by atoms with E-state index in [-0.39, 0.29) is 9.09 Å². The summed E-state index contributed by atoms with van der Waals surface area (Å²) < 4.78 is 26.8. The predicted octanol–water partition coefficient (Wildman–Crippen LogP) is 2.31. The number of carboxylic acids is 1. The largest absolute Gasteiger partial charge is 0.477 e. The third kappa shape index (κ3) is 3.53. The van der Waals surface area contributed by atoms with Gasteiger partial charge in [-0.3, -0.25) is 4.72 Å². The molecule has 1 aromatic carbocycles. The minimum Gasteiger partial charge on any atom is -0.477 e. The third-order valence-electron chi connectivity index (χ3n) is 2.67. The Balaban J connectivity index is 2.28. The minimum atomic E-state index is -3.78. The van der Waals surface area contributed by atoms with Crippen molar-refractivity contribution in [3.63, 3.8) is 0 Å². The Kier molecular flexibility index (Phi) is 4.19. The summed E-state index contributed by atoms with van der Waals surface area (Å²) in [5.41, 5.74) is 1.28.